The van der Waals surface area contributed by atoms with Crippen LogP contribution in [-0.2, 0) is 11.2 Å². The molecule has 0 bridgehead atoms. The Morgan fingerprint density at radius 1 is 1.22 bits per heavy atom. The van der Waals surface area contributed by atoms with Gasteiger partial charge in [0.1, 0.15) is 17.4 Å². The molecule has 1 atom stereocenters. The van der Waals surface area contributed by atoms with Crippen LogP contribution in [0.4, 0.5) is 0 Å². The molecule has 32 heavy (non-hydrogen) atoms. The number of aromatic nitrogens is 3. The highest BCUT2D eigenvalue weighted by Crippen LogP contribution is 2.48. The third-order valence-corrected chi connectivity index (χ3v) is 7.13. The highest BCUT2D eigenvalue weighted by molar-refractivity contribution is 5.82. The zero-order valence-corrected chi connectivity index (χ0v) is 20.0. The van der Waals surface area contributed by atoms with Crippen LogP contribution in [0.1, 0.15) is 105 Å². The summed E-state index contributed by atoms with van der Waals surface area (Å²) in [7, 11) is 0. The van der Waals surface area contributed by atoms with Crippen molar-refractivity contribution >= 4 is 5.78 Å². The highest BCUT2D eigenvalue weighted by atomic mass is 16.1. The summed E-state index contributed by atoms with van der Waals surface area (Å²) in [5, 5.41) is 18.7. The molecule has 2 aliphatic carbocycles. The van der Waals surface area contributed by atoms with E-state index in [-0.39, 0.29) is 11.7 Å². The monoisotopic (exact) mass is 432 g/mol. The van der Waals surface area contributed by atoms with E-state index in [2.05, 4.69) is 66.7 Å². The van der Waals surface area contributed by atoms with Crippen LogP contribution in [-0.4, -0.2) is 20.5 Å². The average molecular weight is 433 g/mol. The normalized spacial score (nSPS) is 21.2. The average Bonchev–Trinajstić information content (AvgIpc) is 3.45. The molecule has 0 amide bonds. The lowest BCUT2D eigenvalue weighted by Gasteiger charge is -2.36. The molecule has 0 N–H and O–H groups in total. The fourth-order valence-electron chi connectivity index (χ4n) is 5.35. The fraction of sp³-hybridized carbons (Fsp3) is 0.630. The minimum atomic E-state index is -0.174. The topological polar surface area (TPSA) is 71.6 Å². The van der Waals surface area contributed by atoms with Crippen molar-refractivity contribution in [3.05, 3.63) is 46.5 Å². The Morgan fingerprint density at radius 2 is 1.97 bits per heavy atom. The smallest absolute Gasteiger partial charge is 0.138 e. The second kappa shape index (κ2) is 9.57. The van der Waals surface area contributed by atoms with Gasteiger partial charge in [-0.2, -0.15) is 5.26 Å². The first-order valence-corrected chi connectivity index (χ1v) is 12.2. The Balaban J connectivity index is 1.49. The van der Waals surface area contributed by atoms with Crippen LogP contribution in [0.15, 0.2) is 18.2 Å². The number of rotatable bonds is 10. The largest absolute Gasteiger partial charge is 0.311 e. The number of ketones is 1. The molecule has 5 heteroatoms. The van der Waals surface area contributed by atoms with Crippen molar-refractivity contribution in [3.8, 4) is 6.07 Å². The van der Waals surface area contributed by atoms with Crippen LogP contribution >= 0.6 is 0 Å². The molecule has 0 radical (unpaired) electrons. The van der Waals surface area contributed by atoms with Crippen molar-refractivity contribution in [1.29, 1.82) is 5.26 Å². The first-order chi connectivity index (χ1) is 15.4. The van der Waals surface area contributed by atoms with Gasteiger partial charge in [0.15, 0.2) is 0 Å². The van der Waals surface area contributed by atoms with Crippen LogP contribution in [0.2, 0.25) is 0 Å². The molecule has 1 heterocycles. The quantitative estimate of drug-likeness (QED) is 0.464. The standard InChI is InChI=1S/C27H36N4O/c1-17(2)11-20-13-23(14-20)27-30-29-26(31(27)24-7-8-24)22(9-10-28)16-25(32)15-21-6-5-18(3)12-19(21)4/h5-6,12,17,20,22-24H,7-9,11,13-16H2,1-4H3/t20?,22-,23?/m0/s1. The summed E-state index contributed by atoms with van der Waals surface area (Å²) >= 11 is 0. The Hall–Kier alpha value is -2.48. The molecule has 2 aromatic rings. The second-order valence-corrected chi connectivity index (χ2v) is 10.6. The summed E-state index contributed by atoms with van der Waals surface area (Å²) < 4.78 is 2.32. The van der Waals surface area contributed by atoms with Crippen LogP contribution in [0.25, 0.3) is 0 Å². The maximum absolute atomic E-state index is 13.0. The summed E-state index contributed by atoms with van der Waals surface area (Å²) in [6, 6.07) is 8.99. The van der Waals surface area contributed by atoms with E-state index in [1.54, 1.807) is 0 Å². The lowest BCUT2D eigenvalue weighted by atomic mass is 9.71. The number of benzene rings is 1. The number of nitrogens with zero attached hydrogens (tertiary/aromatic N) is 4. The minimum Gasteiger partial charge on any atom is -0.311 e. The summed E-state index contributed by atoms with van der Waals surface area (Å²) in [6.07, 6.45) is 7.04. The predicted octanol–water partition coefficient (Wildman–Crippen LogP) is 5.97. The third kappa shape index (κ3) is 5.11. The van der Waals surface area contributed by atoms with E-state index >= 15 is 0 Å². The number of nitriles is 1. The molecule has 0 saturated heterocycles. The van der Waals surface area contributed by atoms with Gasteiger partial charge in [-0.15, -0.1) is 10.2 Å². The van der Waals surface area contributed by atoms with Gasteiger partial charge >= 0.3 is 0 Å². The first kappa shape index (κ1) is 22.7. The maximum atomic E-state index is 13.0. The Labute approximate surface area is 192 Å². The molecule has 0 spiro atoms. The zero-order valence-electron chi connectivity index (χ0n) is 20.0. The van der Waals surface area contributed by atoms with E-state index in [9.17, 15) is 10.1 Å². The maximum Gasteiger partial charge on any atom is 0.138 e. The Kier molecular flexibility index (Phi) is 6.79. The van der Waals surface area contributed by atoms with Crippen LogP contribution in [0.3, 0.4) is 0 Å². The Bertz CT molecular complexity index is 1010. The van der Waals surface area contributed by atoms with E-state index in [0.29, 0.717) is 31.2 Å². The molecule has 2 saturated carbocycles. The Morgan fingerprint density at radius 3 is 2.59 bits per heavy atom. The number of hydrogen-bond acceptors (Lipinski definition) is 4. The lowest BCUT2D eigenvalue weighted by Crippen LogP contribution is -2.26. The number of aryl methyl sites for hydroxylation is 2. The van der Waals surface area contributed by atoms with Gasteiger partial charge in [0.25, 0.3) is 0 Å². The fourth-order valence-corrected chi connectivity index (χ4v) is 5.35. The number of Topliss-reactive ketones (excluding diaryl/α,β-unsaturated/α-hetero) is 1. The van der Waals surface area contributed by atoms with Gasteiger partial charge in [-0.25, -0.2) is 0 Å². The van der Waals surface area contributed by atoms with E-state index in [4.69, 9.17) is 0 Å². The summed E-state index contributed by atoms with van der Waals surface area (Å²) in [5.41, 5.74) is 3.43. The molecular formula is C27H36N4O. The van der Waals surface area contributed by atoms with Crippen molar-refractivity contribution in [1.82, 2.24) is 14.8 Å². The van der Waals surface area contributed by atoms with Gasteiger partial charge in [0.05, 0.1) is 6.07 Å². The molecule has 0 aliphatic heterocycles. The number of carbonyl (C=O) groups is 1. The third-order valence-electron chi connectivity index (χ3n) is 7.13. The van der Waals surface area contributed by atoms with Gasteiger partial charge < -0.3 is 4.57 Å². The predicted molar refractivity (Wildman–Crippen MR) is 125 cm³/mol. The van der Waals surface area contributed by atoms with Crippen LogP contribution in [0, 0.1) is 37.0 Å². The van der Waals surface area contributed by atoms with E-state index < -0.39 is 0 Å². The minimum absolute atomic E-state index is 0.171. The molecule has 1 aromatic carbocycles. The van der Waals surface area contributed by atoms with Crippen molar-refractivity contribution in [2.45, 2.75) is 96.9 Å². The van der Waals surface area contributed by atoms with Crippen LogP contribution in [0.5, 0.6) is 0 Å². The van der Waals surface area contributed by atoms with Crippen molar-refractivity contribution < 1.29 is 4.79 Å². The summed E-state index contributed by atoms with van der Waals surface area (Å²) in [4.78, 5) is 13.0. The van der Waals surface area contributed by atoms with Gasteiger partial charge in [-0.05, 0) is 68.9 Å². The van der Waals surface area contributed by atoms with Crippen molar-refractivity contribution in [2.75, 3.05) is 0 Å². The van der Waals surface area contributed by atoms with Crippen molar-refractivity contribution in [3.63, 3.8) is 0 Å². The SMILES string of the molecule is Cc1ccc(CC(=O)C[C@H](CC#N)c2nnc(C3CC(CC(C)C)C3)n2C2CC2)c(C)c1. The summed E-state index contributed by atoms with van der Waals surface area (Å²) in [5.74, 6) is 3.98. The van der Waals surface area contributed by atoms with Gasteiger partial charge in [0.2, 0.25) is 0 Å². The van der Waals surface area contributed by atoms with Gasteiger partial charge in [0, 0.05) is 37.1 Å². The molecule has 170 valence electrons. The van der Waals surface area contributed by atoms with Crippen molar-refractivity contribution in [2.24, 2.45) is 11.8 Å². The van der Waals surface area contributed by atoms with E-state index in [1.165, 1.54) is 24.8 Å². The number of hydrogen-bond donors (Lipinski definition) is 0. The van der Waals surface area contributed by atoms with Gasteiger partial charge in [-0.3, -0.25) is 4.79 Å². The molecule has 5 nitrogen and oxygen atoms in total. The molecule has 2 fully saturated rings. The summed E-state index contributed by atoms with van der Waals surface area (Å²) in [6.45, 7) is 8.71. The molecule has 0 unspecified atom stereocenters. The first-order valence-electron chi connectivity index (χ1n) is 12.2. The lowest BCUT2D eigenvalue weighted by molar-refractivity contribution is -0.118. The second-order valence-electron chi connectivity index (χ2n) is 10.6. The molecule has 4 rings (SSSR count). The molecule has 2 aliphatic rings. The highest BCUT2D eigenvalue weighted by Gasteiger charge is 2.39. The van der Waals surface area contributed by atoms with E-state index in [0.717, 1.165) is 47.5 Å². The number of carbonyl (C=O) groups excluding carboxylic acids is 1. The zero-order chi connectivity index (χ0) is 22.8. The van der Waals surface area contributed by atoms with Crippen LogP contribution < -0.4 is 0 Å². The molecular weight excluding hydrogens is 396 g/mol. The van der Waals surface area contributed by atoms with Gasteiger partial charge in [-0.1, -0.05) is 37.6 Å². The molecule has 1 aromatic heterocycles. The van der Waals surface area contributed by atoms with E-state index in [1.807, 2.05) is 0 Å².